The molecule has 186 valence electrons. The van der Waals surface area contributed by atoms with Gasteiger partial charge in [-0.15, -0.1) is 0 Å². The van der Waals surface area contributed by atoms with Crippen molar-refractivity contribution in [3.8, 4) is 0 Å². The van der Waals surface area contributed by atoms with Gasteiger partial charge in [0.25, 0.3) is 0 Å². The SMILES string of the molecule is CNC1(C)CS(=O)C1.N=C(c1cccc(F)c1)c1ncc(C=O)cc1NC1CCOC1.OCF. The van der Waals surface area contributed by atoms with Crippen molar-refractivity contribution in [2.45, 2.75) is 24.9 Å². The summed E-state index contributed by atoms with van der Waals surface area (Å²) in [4.78, 5) is 15.2. The molecule has 0 amide bonds. The Kier molecular flexibility index (Phi) is 10.8. The van der Waals surface area contributed by atoms with E-state index >= 15 is 0 Å². The summed E-state index contributed by atoms with van der Waals surface area (Å²) in [7, 11) is 1.39. The topological polar surface area (TPSA) is 124 Å². The number of nitrogens with zero attached hydrogens (tertiary/aromatic N) is 1. The molecule has 0 aliphatic carbocycles. The van der Waals surface area contributed by atoms with E-state index in [1.807, 2.05) is 7.05 Å². The van der Waals surface area contributed by atoms with Crippen LogP contribution in [0.15, 0.2) is 36.5 Å². The number of halogens is 2. The first-order valence-electron chi connectivity index (χ1n) is 10.6. The van der Waals surface area contributed by atoms with E-state index in [1.165, 1.54) is 18.3 Å². The number of alkyl halides is 1. The Morgan fingerprint density at radius 3 is 2.62 bits per heavy atom. The highest BCUT2D eigenvalue weighted by molar-refractivity contribution is 7.86. The molecule has 1 unspecified atom stereocenters. The van der Waals surface area contributed by atoms with Gasteiger partial charge in [-0.25, -0.2) is 8.78 Å². The van der Waals surface area contributed by atoms with Crippen LogP contribution in [0.1, 0.15) is 35.0 Å². The van der Waals surface area contributed by atoms with Gasteiger partial charge in [0, 0.05) is 51.8 Å². The highest BCUT2D eigenvalue weighted by atomic mass is 32.2. The fraction of sp³-hybridized carbons (Fsp3) is 0.435. The number of aromatic nitrogens is 1. The van der Waals surface area contributed by atoms with Crippen molar-refractivity contribution < 1.29 is 27.6 Å². The van der Waals surface area contributed by atoms with Crippen LogP contribution in [0.2, 0.25) is 0 Å². The lowest BCUT2D eigenvalue weighted by Gasteiger charge is -2.36. The van der Waals surface area contributed by atoms with Crippen LogP contribution in [0.3, 0.4) is 0 Å². The highest BCUT2D eigenvalue weighted by Gasteiger charge is 2.36. The molecular formula is C23H30F2N4O4S. The molecule has 4 rings (SSSR count). The van der Waals surface area contributed by atoms with Gasteiger partial charge in [0.15, 0.2) is 13.1 Å². The van der Waals surface area contributed by atoms with Gasteiger partial charge in [-0.3, -0.25) is 19.4 Å². The molecule has 1 aromatic carbocycles. The molecule has 2 aromatic rings. The van der Waals surface area contributed by atoms with E-state index in [0.29, 0.717) is 42.0 Å². The Labute approximate surface area is 200 Å². The van der Waals surface area contributed by atoms with Crippen molar-refractivity contribution in [1.82, 2.24) is 10.3 Å². The molecule has 1 atom stereocenters. The Hall–Kier alpha value is -2.60. The number of pyridine rings is 1. The predicted octanol–water partition coefficient (Wildman–Crippen LogP) is 2.28. The molecule has 2 fully saturated rings. The average molecular weight is 497 g/mol. The van der Waals surface area contributed by atoms with Gasteiger partial charge in [-0.1, -0.05) is 12.1 Å². The molecule has 11 heteroatoms. The van der Waals surface area contributed by atoms with Crippen molar-refractivity contribution in [3.63, 3.8) is 0 Å². The maximum Gasteiger partial charge on any atom is 0.185 e. The van der Waals surface area contributed by atoms with Crippen LogP contribution < -0.4 is 10.6 Å². The number of anilines is 1. The lowest BCUT2D eigenvalue weighted by molar-refractivity contribution is 0.112. The molecule has 3 heterocycles. The molecule has 2 saturated heterocycles. The number of hydrogen-bond donors (Lipinski definition) is 4. The number of nitrogens with one attached hydrogen (secondary N) is 3. The second-order valence-corrected chi connectivity index (χ2v) is 9.49. The number of aldehydes is 1. The van der Waals surface area contributed by atoms with Crippen molar-refractivity contribution in [1.29, 1.82) is 5.41 Å². The Morgan fingerprint density at radius 2 is 2.12 bits per heavy atom. The van der Waals surface area contributed by atoms with Crippen molar-refractivity contribution >= 4 is 28.5 Å². The third-order valence-corrected chi connectivity index (χ3v) is 7.17. The number of ether oxygens (including phenoxy) is 1. The first kappa shape index (κ1) is 27.6. The first-order valence-corrected chi connectivity index (χ1v) is 12.1. The summed E-state index contributed by atoms with van der Waals surface area (Å²) < 4.78 is 39.1. The summed E-state index contributed by atoms with van der Waals surface area (Å²) in [5, 5.41) is 21.6. The van der Waals surface area contributed by atoms with Crippen LogP contribution in [-0.2, 0) is 15.5 Å². The largest absolute Gasteiger partial charge is 0.379 e. The second kappa shape index (κ2) is 13.3. The lowest BCUT2D eigenvalue weighted by Crippen LogP contribution is -2.58. The molecule has 2 aliphatic rings. The van der Waals surface area contributed by atoms with Crippen LogP contribution in [-0.4, -0.2) is 76.5 Å². The normalized spacial score (nSPS) is 22.9. The molecule has 1 aromatic heterocycles. The number of hydrogen-bond acceptors (Lipinski definition) is 8. The molecule has 34 heavy (non-hydrogen) atoms. The van der Waals surface area contributed by atoms with Crippen LogP contribution in [0.5, 0.6) is 0 Å². The molecular weight excluding hydrogens is 466 g/mol. The minimum Gasteiger partial charge on any atom is -0.379 e. The fourth-order valence-electron chi connectivity index (χ4n) is 3.32. The fourth-order valence-corrected chi connectivity index (χ4v) is 4.94. The van der Waals surface area contributed by atoms with Gasteiger partial charge in [0.1, 0.15) is 11.5 Å². The Bertz CT molecular complexity index is 995. The second-order valence-electron chi connectivity index (χ2n) is 8.03. The summed E-state index contributed by atoms with van der Waals surface area (Å²) in [6.45, 7) is 2.08. The monoisotopic (exact) mass is 496 g/mol. The minimum absolute atomic E-state index is 0.100. The van der Waals surface area contributed by atoms with Crippen molar-refractivity contribution in [2.24, 2.45) is 0 Å². The number of aliphatic hydroxyl groups excluding tert-OH is 1. The summed E-state index contributed by atoms with van der Waals surface area (Å²) in [6.07, 6.45) is 2.96. The number of carbonyl (C=O) groups is 1. The smallest absolute Gasteiger partial charge is 0.185 e. The van der Waals surface area contributed by atoms with Gasteiger partial charge in [-0.2, -0.15) is 0 Å². The molecule has 0 spiro atoms. The summed E-state index contributed by atoms with van der Waals surface area (Å²) >= 11 is 0. The van der Waals surface area contributed by atoms with Gasteiger partial charge in [0.2, 0.25) is 0 Å². The van der Waals surface area contributed by atoms with Crippen LogP contribution in [0.4, 0.5) is 14.5 Å². The van der Waals surface area contributed by atoms with E-state index in [2.05, 4.69) is 22.5 Å². The zero-order valence-corrected chi connectivity index (χ0v) is 20.0. The lowest BCUT2D eigenvalue weighted by atomic mass is 10.0. The third kappa shape index (κ3) is 8.01. The van der Waals surface area contributed by atoms with Crippen molar-refractivity contribution in [2.75, 3.05) is 43.9 Å². The number of aliphatic hydroxyl groups is 1. The van der Waals surface area contributed by atoms with E-state index in [0.717, 1.165) is 17.9 Å². The van der Waals surface area contributed by atoms with E-state index in [4.69, 9.17) is 15.3 Å². The number of carbonyl (C=O) groups excluding carboxylic acids is 1. The van der Waals surface area contributed by atoms with Crippen LogP contribution in [0, 0.1) is 11.2 Å². The minimum atomic E-state index is -1.25. The van der Waals surface area contributed by atoms with Gasteiger partial charge >= 0.3 is 0 Å². The van der Waals surface area contributed by atoms with Gasteiger partial charge < -0.3 is 20.5 Å². The number of rotatable bonds is 6. The van der Waals surface area contributed by atoms with E-state index in [-0.39, 0.29) is 17.3 Å². The van der Waals surface area contributed by atoms with E-state index in [1.54, 1.807) is 18.2 Å². The molecule has 2 aliphatic heterocycles. The van der Waals surface area contributed by atoms with Crippen molar-refractivity contribution in [3.05, 3.63) is 59.2 Å². The quantitative estimate of drug-likeness (QED) is 0.357. The molecule has 0 radical (unpaired) electrons. The molecule has 0 bridgehead atoms. The zero-order valence-electron chi connectivity index (χ0n) is 19.1. The molecule has 4 N–H and O–H groups in total. The van der Waals surface area contributed by atoms with Gasteiger partial charge in [0.05, 0.1) is 24.0 Å². The molecule has 8 nitrogen and oxygen atoms in total. The summed E-state index contributed by atoms with van der Waals surface area (Å²) in [5.41, 5.74) is 2.10. The van der Waals surface area contributed by atoms with Crippen LogP contribution in [0.25, 0.3) is 0 Å². The predicted molar refractivity (Wildman–Crippen MR) is 128 cm³/mol. The summed E-state index contributed by atoms with van der Waals surface area (Å²) in [6, 6.07) is 7.59. The third-order valence-electron chi connectivity index (χ3n) is 5.25. The summed E-state index contributed by atoms with van der Waals surface area (Å²) in [5.74, 6) is 1.24. The highest BCUT2D eigenvalue weighted by Crippen LogP contribution is 2.22. The maximum absolute atomic E-state index is 13.4. The Balaban J connectivity index is 0.000000309. The van der Waals surface area contributed by atoms with Gasteiger partial charge in [-0.05, 0) is 38.6 Å². The molecule has 0 saturated carbocycles. The first-order chi connectivity index (χ1) is 16.2. The van der Waals surface area contributed by atoms with Crippen LogP contribution >= 0.6 is 0 Å². The average Bonchev–Trinajstić information content (AvgIpc) is 3.31. The van der Waals surface area contributed by atoms with E-state index in [9.17, 15) is 17.8 Å². The Morgan fingerprint density at radius 1 is 1.41 bits per heavy atom. The number of benzene rings is 1. The zero-order chi connectivity index (χ0) is 25.1. The van der Waals surface area contributed by atoms with E-state index < -0.39 is 23.5 Å². The standard InChI is InChI=1S/C17H16FN3O2.C5H11NOS.CH3FO/c18-13-3-1-2-12(7-13)16(19)17-15(6-11(9-22)8-20-17)21-14-4-5-23-10-14;1-5(6-2)3-8(7)4-5;2-1-3/h1-3,6-9,14,19,21H,4-5,10H2;6H,3-4H2,1-2H3;3H,1H2. The maximum atomic E-state index is 13.4.